The summed E-state index contributed by atoms with van der Waals surface area (Å²) in [7, 11) is 0. The third kappa shape index (κ3) is 2.94. The molecule has 18 heavy (non-hydrogen) atoms. The van der Waals surface area contributed by atoms with Crippen molar-refractivity contribution < 1.29 is 4.79 Å². The van der Waals surface area contributed by atoms with Crippen LogP contribution in [-0.4, -0.2) is 21.1 Å². The molecule has 0 radical (unpaired) electrons. The second kappa shape index (κ2) is 5.95. The molecule has 1 aromatic carbocycles. The standard InChI is InChI=1S/C13H16N4O/c1-2-6-11(10-7-4-3-5-8-10)12(18)16-13-14-9-15-17-13/h3-5,7-9,11H,2,6H2,1H3,(H2,14,15,16,17,18). The lowest BCUT2D eigenvalue weighted by Gasteiger charge is -2.15. The molecule has 5 nitrogen and oxygen atoms in total. The molecule has 2 aromatic rings. The first-order valence-electron chi connectivity index (χ1n) is 6.02. The zero-order valence-electron chi connectivity index (χ0n) is 10.3. The lowest BCUT2D eigenvalue weighted by molar-refractivity contribution is -0.117. The Morgan fingerprint density at radius 3 is 2.78 bits per heavy atom. The summed E-state index contributed by atoms with van der Waals surface area (Å²) in [6.45, 7) is 2.07. The van der Waals surface area contributed by atoms with E-state index < -0.39 is 0 Å². The van der Waals surface area contributed by atoms with Crippen molar-refractivity contribution in [2.24, 2.45) is 0 Å². The van der Waals surface area contributed by atoms with E-state index in [1.807, 2.05) is 30.3 Å². The molecule has 1 heterocycles. The molecule has 1 unspecified atom stereocenters. The molecule has 2 N–H and O–H groups in total. The highest BCUT2D eigenvalue weighted by Gasteiger charge is 2.20. The monoisotopic (exact) mass is 244 g/mol. The van der Waals surface area contributed by atoms with Crippen LogP contribution in [-0.2, 0) is 4.79 Å². The predicted octanol–water partition coefficient (Wildman–Crippen LogP) is 2.33. The number of hydrogen-bond acceptors (Lipinski definition) is 3. The van der Waals surface area contributed by atoms with E-state index in [1.54, 1.807) is 0 Å². The molecule has 1 aromatic heterocycles. The van der Waals surface area contributed by atoms with Gasteiger partial charge in [-0.1, -0.05) is 43.7 Å². The number of anilines is 1. The molecule has 0 aliphatic carbocycles. The Labute approximate surface area is 106 Å². The third-order valence-electron chi connectivity index (χ3n) is 2.75. The van der Waals surface area contributed by atoms with E-state index >= 15 is 0 Å². The molecule has 0 bridgehead atoms. The topological polar surface area (TPSA) is 70.7 Å². The highest BCUT2D eigenvalue weighted by Crippen LogP contribution is 2.22. The van der Waals surface area contributed by atoms with Gasteiger partial charge >= 0.3 is 0 Å². The van der Waals surface area contributed by atoms with Crippen LogP contribution in [0.4, 0.5) is 5.95 Å². The number of nitrogens with zero attached hydrogens (tertiary/aromatic N) is 2. The van der Waals surface area contributed by atoms with Gasteiger partial charge in [-0.25, -0.2) is 5.10 Å². The minimum Gasteiger partial charge on any atom is -0.294 e. The summed E-state index contributed by atoms with van der Waals surface area (Å²) >= 11 is 0. The zero-order valence-corrected chi connectivity index (χ0v) is 10.3. The molecule has 0 aliphatic rings. The van der Waals surface area contributed by atoms with E-state index in [9.17, 15) is 4.79 Å². The Hall–Kier alpha value is -2.17. The highest BCUT2D eigenvalue weighted by atomic mass is 16.2. The van der Waals surface area contributed by atoms with Crippen LogP contribution in [0.15, 0.2) is 36.7 Å². The summed E-state index contributed by atoms with van der Waals surface area (Å²) in [6, 6.07) is 9.78. The maximum Gasteiger partial charge on any atom is 0.234 e. The van der Waals surface area contributed by atoms with Crippen molar-refractivity contribution in [2.75, 3.05) is 5.32 Å². The number of amides is 1. The van der Waals surface area contributed by atoms with Crippen LogP contribution in [0.25, 0.3) is 0 Å². The van der Waals surface area contributed by atoms with E-state index in [0.29, 0.717) is 5.95 Å². The summed E-state index contributed by atoms with van der Waals surface area (Å²) in [5, 5.41) is 9.06. The van der Waals surface area contributed by atoms with Gasteiger partial charge < -0.3 is 0 Å². The number of H-pyrrole nitrogens is 1. The maximum atomic E-state index is 12.2. The van der Waals surface area contributed by atoms with E-state index in [-0.39, 0.29) is 11.8 Å². The maximum absolute atomic E-state index is 12.2. The lowest BCUT2D eigenvalue weighted by atomic mass is 9.94. The first kappa shape index (κ1) is 12.3. The Morgan fingerprint density at radius 2 is 2.17 bits per heavy atom. The van der Waals surface area contributed by atoms with Crippen LogP contribution in [0.1, 0.15) is 31.2 Å². The summed E-state index contributed by atoms with van der Waals surface area (Å²) in [5.41, 5.74) is 1.02. The Balaban J connectivity index is 2.12. The molecule has 2 rings (SSSR count). The van der Waals surface area contributed by atoms with E-state index in [1.165, 1.54) is 6.33 Å². The number of nitrogens with one attached hydrogen (secondary N) is 2. The fourth-order valence-corrected chi connectivity index (χ4v) is 1.89. The van der Waals surface area contributed by atoms with Crippen LogP contribution in [0, 0.1) is 0 Å². The summed E-state index contributed by atoms with van der Waals surface area (Å²) < 4.78 is 0. The average molecular weight is 244 g/mol. The number of hydrogen-bond donors (Lipinski definition) is 2. The van der Waals surface area contributed by atoms with Gasteiger partial charge in [0.2, 0.25) is 11.9 Å². The summed E-state index contributed by atoms with van der Waals surface area (Å²) in [6.07, 6.45) is 3.13. The van der Waals surface area contributed by atoms with Crippen LogP contribution in [0.5, 0.6) is 0 Å². The zero-order chi connectivity index (χ0) is 12.8. The lowest BCUT2D eigenvalue weighted by Crippen LogP contribution is -2.21. The van der Waals surface area contributed by atoms with Gasteiger partial charge in [-0.2, -0.15) is 10.1 Å². The van der Waals surface area contributed by atoms with Crippen molar-refractivity contribution >= 4 is 11.9 Å². The largest absolute Gasteiger partial charge is 0.294 e. The van der Waals surface area contributed by atoms with E-state index in [0.717, 1.165) is 18.4 Å². The van der Waals surface area contributed by atoms with Gasteiger partial charge in [0.1, 0.15) is 6.33 Å². The Morgan fingerprint density at radius 1 is 1.39 bits per heavy atom. The number of aromatic amines is 1. The molecule has 0 aliphatic heterocycles. The fourth-order valence-electron chi connectivity index (χ4n) is 1.89. The van der Waals surface area contributed by atoms with Crippen molar-refractivity contribution in [2.45, 2.75) is 25.7 Å². The van der Waals surface area contributed by atoms with Gasteiger partial charge in [0.25, 0.3) is 0 Å². The van der Waals surface area contributed by atoms with E-state index in [4.69, 9.17) is 0 Å². The molecule has 0 saturated carbocycles. The number of carbonyl (C=O) groups is 1. The van der Waals surface area contributed by atoms with Gasteiger partial charge in [-0.05, 0) is 12.0 Å². The predicted molar refractivity (Wildman–Crippen MR) is 69.1 cm³/mol. The smallest absolute Gasteiger partial charge is 0.234 e. The van der Waals surface area contributed by atoms with Crippen LogP contribution >= 0.6 is 0 Å². The summed E-state index contributed by atoms with van der Waals surface area (Å²) in [5.74, 6) is 0.179. The van der Waals surface area contributed by atoms with Gasteiger partial charge in [-0.3, -0.25) is 10.1 Å². The third-order valence-corrected chi connectivity index (χ3v) is 2.75. The molecule has 1 amide bonds. The number of rotatable bonds is 5. The quantitative estimate of drug-likeness (QED) is 0.848. The number of carbonyl (C=O) groups excluding carboxylic acids is 1. The van der Waals surface area contributed by atoms with Gasteiger partial charge in [-0.15, -0.1) is 0 Å². The van der Waals surface area contributed by atoms with Crippen LogP contribution < -0.4 is 5.32 Å². The molecular weight excluding hydrogens is 228 g/mol. The van der Waals surface area contributed by atoms with Gasteiger partial charge in [0.15, 0.2) is 0 Å². The fraction of sp³-hybridized carbons (Fsp3) is 0.308. The molecule has 0 fully saturated rings. The van der Waals surface area contributed by atoms with Crippen molar-refractivity contribution in [3.63, 3.8) is 0 Å². The van der Waals surface area contributed by atoms with Crippen molar-refractivity contribution in [1.29, 1.82) is 0 Å². The first-order chi connectivity index (χ1) is 8.81. The van der Waals surface area contributed by atoms with Crippen molar-refractivity contribution in [1.82, 2.24) is 15.2 Å². The van der Waals surface area contributed by atoms with Crippen LogP contribution in [0.3, 0.4) is 0 Å². The molecular formula is C13H16N4O. The molecule has 5 heteroatoms. The summed E-state index contributed by atoms with van der Waals surface area (Å²) in [4.78, 5) is 16.1. The minimum atomic E-state index is -0.152. The SMILES string of the molecule is CCCC(C(=O)Nc1ncn[nH]1)c1ccccc1. The first-order valence-corrected chi connectivity index (χ1v) is 6.02. The Kier molecular flexibility index (Phi) is 4.06. The highest BCUT2D eigenvalue weighted by molar-refractivity contribution is 5.94. The molecule has 0 saturated heterocycles. The number of benzene rings is 1. The average Bonchev–Trinajstić information content (AvgIpc) is 2.89. The number of aromatic nitrogens is 3. The van der Waals surface area contributed by atoms with Crippen molar-refractivity contribution in [3.05, 3.63) is 42.2 Å². The van der Waals surface area contributed by atoms with Gasteiger partial charge in [0, 0.05) is 0 Å². The molecule has 1 atom stereocenters. The van der Waals surface area contributed by atoms with Crippen molar-refractivity contribution in [3.8, 4) is 0 Å². The molecule has 94 valence electrons. The van der Waals surface area contributed by atoms with Crippen LogP contribution in [0.2, 0.25) is 0 Å². The minimum absolute atomic E-state index is 0.0557. The van der Waals surface area contributed by atoms with E-state index in [2.05, 4.69) is 27.4 Å². The normalized spacial score (nSPS) is 12.1. The second-order valence-electron chi connectivity index (χ2n) is 4.08. The van der Waals surface area contributed by atoms with Gasteiger partial charge in [0.05, 0.1) is 5.92 Å². The second-order valence-corrected chi connectivity index (χ2v) is 4.08. The Bertz CT molecular complexity index is 481. The molecule has 0 spiro atoms.